The van der Waals surface area contributed by atoms with Crippen molar-refractivity contribution in [3.8, 4) is 0 Å². The van der Waals surface area contributed by atoms with Crippen LogP contribution < -0.4 is 5.32 Å². The number of halogens is 1. The van der Waals surface area contributed by atoms with Crippen LogP contribution in [0.5, 0.6) is 0 Å². The summed E-state index contributed by atoms with van der Waals surface area (Å²) in [6.45, 7) is 1.88. The summed E-state index contributed by atoms with van der Waals surface area (Å²) >= 11 is 6.03. The molecule has 0 bridgehead atoms. The molecule has 0 saturated carbocycles. The monoisotopic (exact) mass is 339 g/mol. The van der Waals surface area contributed by atoms with E-state index in [1.807, 2.05) is 25.1 Å². The van der Waals surface area contributed by atoms with E-state index in [1.54, 1.807) is 6.07 Å². The van der Waals surface area contributed by atoms with Gasteiger partial charge < -0.3 is 10.4 Å². The number of allylic oxidation sites excluding steroid dienone is 2. The predicted molar refractivity (Wildman–Crippen MR) is 95.9 cm³/mol. The molecule has 122 valence electrons. The van der Waals surface area contributed by atoms with Gasteiger partial charge in [0, 0.05) is 16.6 Å². The molecule has 24 heavy (non-hydrogen) atoms. The van der Waals surface area contributed by atoms with Gasteiger partial charge in [-0.15, -0.1) is 0 Å². The SMILES string of the molecule is Cc1c(C(=O)O)ccc2c1N[C@H](c1ccc(Cl)cc1)C1CC=CC21. The number of aromatic carboxylic acids is 1. The summed E-state index contributed by atoms with van der Waals surface area (Å²) in [4.78, 5) is 11.5. The summed E-state index contributed by atoms with van der Waals surface area (Å²) in [7, 11) is 0. The van der Waals surface area contributed by atoms with Gasteiger partial charge in [0.25, 0.3) is 0 Å². The van der Waals surface area contributed by atoms with Crippen LogP contribution in [0.25, 0.3) is 0 Å². The molecule has 3 atom stereocenters. The number of anilines is 1. The van der Waals surface area contributed by atoms with E-state index in [-0.39, 0.29) is 6.04 Å². The molecule has 0 saturated heterocycles. The van der Waals surface area contributed by atoms with Gasteiger partial charge in [-0.1, -0.05) is 42.0 Å². The van der Waals surface area contributed by atoms with Crippen LogP contribution in [0.3, 0.4) is 0 Å². The van der Waals surface area contributed by atoms with Crippen molar-refractivity contribution in [3.05, 3.63) is 75.8 Å². The Labute approximate surface area is 146 Å². The van der Waals surface area contributed by atoms with Gasteiger partial charge in [-0.3, -0.25) is 0 Å². The third kappa shape index (κ3) is 2.31. The summed E-state index contributed by atoms with van der Waals surface area (Å²) in [5, 5.41) is 13.8. The Morgan fingerprint density at radius 1 is 1.21 bits per heavy atom. The number of fused-ring (bicyclic) bond motifs is 3. The summed E-state index contributed by atoms with van der Waals surface area (Å²) < 4.78 is 0. The number of carboxylic acid groups (broad SMARTS) is 1. The minimum absolute atomic E-state index is 0.150. The van der Waals surface area contributed by atoms with Gasteiger partial charge in [0.2, 0.25) is 0 Å². The van der Waals surface area contributed by atoms with Gasteiger partial charge in [0.1, 0.15) is 0 Å². The van der Waals surface area contributed by atoms with E-state index in [0.717, 1.165) is 22.7 Å². The molecular weight excluding hydrogens is 322 g/mol. The molecule has 2 aromatic rings. The zero-order chi connectivity index (χ0) is 16.8. The minimum atomic E-state index is -0.885. The van der Waals surface area contributed by atoms with Crippen molar-refractivity contribution < 1.29 is 9.90 Å². The summed E-state index contributed by atoms with van der Waals surface area (Å²) in [5.74, 6) is -0.124. The second-order valence-electron chi connectivity index (χ2n) is 6.53. The van der Waals surface area contributed by atoms with E-state index < -0.39 is 5.97 Å². The molecule has 0 radical (unpaired) electrons. The molecule has 0 fully saturated rings. The Kier molecular flexibility index (Phi) is 3.61. The Hall–Kier alpha value is -2.26. The molecular formula is C20H18ClNO2. The smallest absolute Gasteiger partial charge is 0.336 e. The predicted octanol–water partition coefficient (Wildman–Crippen LogP) is 5.17. The molecule has 4 rings (SSSR count). The molecule has 2 aliphatic rings. The fraction of sp³-hybridized carbons (Fsp3) is 0.250. The normalized spacial score (nSPS) is 24.2. The molecule has 0 aromatic heterocycles. The van der Waals surface area contributed by atoms with Crippen molar-refractivity contribution >= 4 is 23.3 Å². The number of hydrogen-bond donors (Lipinski definition) is 2. The van der Waals surface area contributed by atoms with Gasteiger partial charge in [-0.2, -0.15) is 0 Å². The summed E-state index contributed by atoms with van der Waals surface area (Å²) in [6, 6.07) is 11.8. The zero-order valence-corrected chi connectivity index (χ0v) is 14.0. The summed E-state index contributed by atoms with van der Waals surface area (Å²) in [6.07, 6.45) is 5.51. The molecule has 3 nitrogen and oxygen atoms in total. The van der Waals surface area contributed by atoms with E-state index in [9.17, 15) is 9.90 Å². The van der Waals surface area contributed by atoms with Crippen molar-refractivity contribution in [1.29, 1.82) is 0 Å². The lowest BCUT2D eigenvalue weighted by Gasteiger charge is -2.38. The standard InChI is InChI=1S/C20H18ClNO2/c1-11-14(20(23)24)9-10-17-15-3-2-4-16(15)19(22-18(11)17)12-5-7-13(21)8-6-12/h2-3,5-10,15-16,19,22H,4H2,1H3,(H,23,24)/t15?,16?,19-/m1/s1. The number of carboxylic acids is 1. The van der Waals surface area contributed by atoms with Gasteiger partial charge in [0.15, 0.2) is 0 Å². The van der Waals surface area contributed by atoms with Crippen molar-refractivity contribution in [2.24, 2.45) is 5.92 Å². The van der Waals surface area contributed by atoms with Crippen LogP contribution in [0.4, 0.5) is 5.69 Å². The Bertz CT molecular complexity index is 841. The lowest BCUT2D eigenvalue weighted by atomic mass is 9.76. The number of rotatable bonds is 2. The van der Waals surface area contributed by atoms with Crippen LogP contribution in [0.2, 0.25) is 5.02 Å². The molecule has 1 aliphatic carbocycles. The van der Waals surface area contributed by atoms with E-state index in [4.69, 9.17) is 11.6 Å². The maximum absolute atomic E-state index is 11.5. The van der Waals surface area contributed by atoms with Crippen molar-refractivity contribution in [3.63, 3.8) is 0 Å². The molecule has 0 amide bonds. The first kappa shape index (κ1) is 15.3. The third-order valence-electron chi connectivity index (χ3n) is 5.26. The number of hydrogen-bond acceptors (Lipinski definition) is 2. The fourth-order valence-electron chi connectivity index (χ4n) is 4.05. The maximum Gasteiger partial charge on any atom is 0.336 e. The number of nitrogens with one attached hydrogen (secondary N) is 1. The lowest BCUT2D eigenvalue weighted by Crippen LogP contribution is -2.30. The molecule has 1 aliphatic heterocycles. The second-order valence-corrected chi connectivity index (χ2v) is 6.97. The molecule has 2 N–H and O–H groups in total. The van der Waals surface area contributed by atoms with E-state index >= 15 is 0 Å². The van der Waals surface area contributed by atoms with Crippen LogP contribution in [0.1, 0.15) is 45.4 Å². The molecule has 2 unspecified atom stereocenters. The molecule has 2 aromatic carbocycles. The van der Waals surface area contributed by atoms with Gasteiger partial charge in [0.05, 0.1) is 11.6 Å². The first-order valence-corrected chi connectivity index (χ1v) is 8.49. The largest absolute Gasteiger partial charge is 0.478 e. The number of benzene rings is 2. The fourth-order valence-corrected chi connectivity index (χ4v) is 4.17. The number of carbonyl (C=O) groups is 1. The van der Waals surface area contributed by atoms with Gasteiger partial charge in [-0.05, 0) is 54.2 Å². The molecule has 1 heterocycles. The van der Waals surface area contributed by atoms with Crippen LogP contribution in [0.15, 0.2) is 48.6 Å². The van der Waals surface area contributed by atoms with Gasteiger partial charge in [-0.25, -0.2) is 4.79 Å². The highest BCUT2D eigenvalue weighted by molar-refractivity contribution is 6.30. The Morgan fingerprint density at radius 3 is 2.67 bits per heavy atom. The first-order chi connectivity index (χ1) is 11.6. The van der Waals surface area contributed by atoms with E-state index in [2.05, 4.69) is 29.6 Å². The van der Waals surface area contributed by atoms with Crippen LogP contribution in [-0.2, 0) is 0 Å². The Balaban J connectivity index is 1.83. The molecule has 0 spiro atoms. The quantitative estimate of drug-likeness (QED) is 0.742. The third-order valence-corrected chi connectivity index (χ3v) is 5.51. The van der Waals surface area contributed by atoms with E-state index in [1.165, 1.54) is 11.1 Å². The minimum Gasteiger partial charge on any atom is -0.478 e. The second kappa shape index (κ2) is 5.67. The van der Waals surface area contributed by atoms with Crippen molar-refractivity contribution in [2.45, 2.75) is 25.3 Å². The molecule has 4 heteroatoms. The first-order valence-electron chi connectivity index (χ1n) is 8.11. The summed E-state index contributed by atoms with van der Waals surface area (Å²) in [5.41, 5.74) is 4.50. The maximum atomic E-state index is 11.5. The van der Waals surface area contributed by atoms with Crippen molar-refractivity contribution in [1.82, 2.24) is 0 Å². The average molecular weight is 340 g/mol. The van der Waals surface area contributed by atoms with Crippen LogP contribution >= 0.6 is 11.6 Å². The van der Waals surface area contributed by atoms with Gasteiger partial charge >= 0.3 is 5.97 Å². The van der Waals surface area contributed by atoms with Crippen LogP contribution in [0, 0.1) is 12.8 Å². The highest BCUT2D eigenvalue weighted by Gasteiger charge is 2.38. The van der Waals surface area contributed by atoms with Crippen molar-refractivity contribution in [2.75, 3.05) is 5.32 Å². The Morgan fingerprint density at radius 2 is 1.96 bits per heavy atom. The zero-order valence-electron chi connectivity index (χ0n) is 13.3. The highest BCUT2D eigenvalue weighted by atomic mass is 35.5. The van der Waals surface area contributed by atoms with E-state index in [0.29, 0.717) is 17.4 Å². The average Bonchev–Trinajstić information content (AvgIpc) is 3.05. The lowest BCUT2D eigenvalue weighted by molar-refractivity contribution is 0.0696. The topological polar surface area (TPSA) is 49.3 Å². The van der Waals surface area contributed by atoms with Crippen LogP contribution in [-0.4, -0.2) is 11.1 Å². The highest BCUT2D eigenvalue weighted by Crippen LogP contribution is 2.51.